The first kappa shape index (κ1) is 15.1. The zero-order chi connectivity index (χ0) is 13.7. The van der Waals surface area contributed by atoms with E-state index in [0.717, 1.165) is 6.42 Å². The van der Waals surface area contributed by atoms with Crippen LogP contribution in [0.2, 0.25) is 5.02 Å². The number of carbonyl (C=O) groups is 1. The number of aliphatic hydroxyl groups excluding tert-OH is 1. The Kier molecular flexibility index (Phi) is 5.69. The van der Waals surface area contributed by atoms with E-state index in [-0.39, 0.29) is 18.6 Å². The maximum atomic E-state index is 12.4. The van der Waals surface area contributed by atoms with Crippen LogP contribution in [0.25, 0.3) is 0 Å². The van der Waals surface area contributed by atoms with Gasteiger partial charge in [0.2, 0.25) is 0 Å². The van der Waals surface area contributed by atoms with Crippen molar-refractivity contribution in [3.8, 4) is 0 Å². The highest BCUT2D eigenvalue weighted by molar-refractivity contribution is 6.31. The Bertz CT molecular complexity index is 396. The van der Waals surface area contributed by atoms with Gasteiger partial charge in [-0.25, -0.2) is 0 Å². The molecule has 4 nitrogen and oxygen atoms in total. The van der Waals surface area contributed by atoms with Crippen molar-refractivity contribution in [2.24, 2.45) is 0 Å². The minimum Gasteiger partial charge on any atom is -0.395 e. The second kappa shape index (κ2) is 6.81. The second-order valence-electron chi connectivity index (χ2n) is 4.56. The van der Waals surface area contributed by atoms with E-state index in [1.165, 1.54) is 0 Å². The van der Waals surface area contributed by atoms with E-state index >= 15 is 0 Å². The molecule has 0 fully saturated rings. The van der Waals surface area contributed by atoms with Gasteiger partial charge in [-0.3, -0.25) is 4.79 Å². The lowest BCUT2D eigenvalue weighted by atomic mass is 10.3. The van der Waals surface area contributed by atoms with Gasteiger partial charge in [-0.2, -0.15) is 0 Å². The van der Waals surface area contributed by atoms with Crippen LogP contribution < -0.4 is 0 Å². The van der Waals surface area contributed by atoms with E-state index in [9.17, 15) is 4.79 Å². The van der Waals surface area contributed by atoms with E-state index in [2.05, 4.69) is 0 Å². The molecule has 102 valence electrons. The Morgan fingerprint density at radius 3 is 2.67 bits per heavy atom. The molecule has 0 aliphatic rings. The fourth-order valence-corrected chi connectivity index (χ4v) is 2.12. The van der Waals surface area contributed by atoms with E-state index in [1.54, 1.807) is 17.2 Å². The van der Waals surface area contributed by atoms with Gasteiger partial charge in [0.25, 0.3) is 5.91 Å². The van der Waals surface area contributed by atoms with Gasteiger partial charge in [0.05, 0.1) is 11.6 Å². The van der Waals surface area contributed by atoms with Crippen LogP contribution in [0.4, 0.5) is 0 Å². The quantitative estimate of drug-likeness (QED) is 0.865. The molecule has 0 spiro atoms. The van der Waals surface area contributed by atoms with E-state index in [1.807, 2.05) is 25.3 Å². The molecule has 1 rings (SSSR count). The molecule has 0 aromatic carbocycles. The molecule has 0 saturated carbocycles. The second-order valence-corrected chi connectivity index (χ2v) is 5.00. The normalized spacial score (nSPS) is 11.0. The Morgan fingerprint density at radius 1 is 1.50 bits per heavy atom. The van der Waals surface area contributed by atoms with Crippen molar-refractivity contribution in [3.05, 3.63) is 23.0 Å². The average Bonchev–Trinajstić information content (AvgIpc) is 2.70. The number of nitrogens with zero attached hydrogens (tertiary/aromatic N) is 2. The molecule has 5 heteroatoms. The number of carbonyl (C=O) groups excluding carboxylic acids is 1. The molecule has 1 aromatic rings. The number of aromatic nitrogens is 1. The van der Waals surface area contributed by atoms with Crippen molar-refractivity contribution in [3.63, 3.8) is 0 Å². The largest absolute Gasteiger partial charge is 0.395 e. The van der Waals surface area contributed by atoms with Crippen LogP contribution in [0.1, 0.15) is 43.7 Å². The molecule has 0 aliphatic heterocycles. The average molecular weight is 273 g/mol. The molecular weight excluding hydrogens is 252 g/mol. The third kappa shape index (κ3) is 3.50. The van der Waals surface area contributed by atoms with Gasteiger partial charge in [0.15, 0.2) is 0 Å². The van der Waals surface area contributed by atoms with E-state index in [4.69, 9.17) is 16.7 Å². The fourth-order valence-electron chi connectivity index (χ4n) is 1.91. The van der Waals surface area contributed by atoms with Crippen molar-refractivity contribution in [1.82, 2.24) is 9.47 Å². The summed E-state index contributed by atoms with van der Waals surface area (Å²) in [5.74, 6) is -0.0773. The summed E-state index contributed by atoms with van der Waals surface area (Å²) in [5, 5.41) is 9.58. The molecule has 0 radical (unpaired) electrons. The topological polar surface area (TPSA) is 45.5 Å². The van der Waals surface area contributed by atoms with Gasteiger partial charge in [-0.1, -0.05) is 18.5 Å². The number of hydrogen-bond donors (Lipinski definition) is 1. The molecular formula is C13H21ClN2O2. The Morgan fingerprint density at radius 2 is 2.17 bits per heavy atom. The Balaban J connectivity index is 3.00. The van der Waals surface area contributed by atoms with Gasteiger partial charge in [-0.05, 0) is 26.3 Å². The minimum absolute atomic E-state index is 0.0259. The van der Waals surface area contributed by atoms with Crippen LogP contribution in [-0.4, -0.2) is 40.2 Å². The standard InChI is InChI=1S/C13H21ClN2O2/c1-4-5-15(6-7-17)13(18)12-8-11(14)9-16(12)10(2)3/h8-10,17H,4-7H2,1-3H3. The summed E-state index contributed by atoms with van der Waals surface area (Å²) in [7, 11) is 0. The Hall–Kier alpha value is -1.00. The first-order chi connectivity index (χ1) is 8.51. The number of hydrogen-bond acceptors (Lipinski definition) is 2. The summed E-state index contributed by atoms with van der Waals surface area (Å²) in [5.41, 5.74) is 0.580. The lowest BCUT2D eigenvalue weighted by molar-refractivity contribution is 0.0709. The number of aliphatic hydroxyl groups is 1. The van der Waals surface area contributed by atoms with Crippen molar-refractivity contribution >= 4 is 17.5 Å². The predicted octanol–water partition coefficient (Wildman–Crippen LogP) is 2.57. The summed E-state index contributed by atoms with van der Waals surface area (Å²) >= 11 is 5.97. The van der Waals surface area contributed by atoms with Crippen LogP contribution >= 0.6 is 11.6 Å². The first-order valence-electron chi connectivity index (χ1n) is 6.28. The third-order valence-electron chi connectivity index (χ3n) is 2.74. The highest BCUT2D eigenvalue weighted by atomic mass is 35.5. The molecule has 0 atom stereocenters. The zero-order valence-corrected chi connectivity index (χ0v) is 11.9. The predicted molar refractivity (Wildman–Crippen MR) is 73.1 cm³/mol. The smallest absolute Gasteiger partial charge is 0.270 e. The SMILES string of the molecule is CCCN(CCO)C(=O)c1cc(Cl)cn1C(C)C. The molecule has 0 unspecified atom stereocenters. The van der Waals surface area contributed by atoms with Crippen molar-refractivity contribution < 1.29 is 9.90 Å². The number of amides is 1. The highest BCUT2D eigenvalue weighted by Crippen LogP contribution is 2.20. The summed E-state index contributed by atoms with van der Waals surface area (Å²) in [6.45, 7) is 6.98. The van der Waals surface area contributed by atoms with Crippen molar-refractivity contribution in [1.29, 1.82) is 0 Å². The first-order valence-corrected chi connectivity index (χ1v) is 6.66. The number of rotatable bonds is 6. The molecule has 1 aromatic heterocycles. The molecule has 0 aliphatic carbocycles. The monoisotopic (exact) mass is 272 g/mol. The van der Waals surface area contributed by atoms with E-state index < -0.39 is 0 Å². The van der Waals surface area contributed by atoms with Crippen LogP contribution in [-0.2, 0) is 0 Å². The van der Waals surface area contributed by atoms with Crippen molar-refractivity contribution in [2.45, 2.75) is 33.2 Å². The zero-order valence-electron chi connectivity index (χ0n) is 11.2. The fraction of sp³-hybridized carbons (Fsp3) is 0.615. The van der Waals surface area contributed by atoms with E-state index in [0.29, 0.717) is 23.8 Å². The molecule has 1 amide bonds. The lowest BCUT2D eigenvalue weighted by Gasteiger charge is -2.22. The van der Waals surface area contributed by atoms with Crippen LogP contribution in [0.5, 0.6) is 0 Å². The molecule has 18 heavy (non-hydrogen) atoms. The third-order valence-corrected chi connectivity index (χ3v) is 2.95. The highest BCUT2D eigenvalue weighted by Gasteiger charge is 2.20. The summed E-state index contributed by atoms with van der Waals surface area (Å²) in [4.78, 5) is 14.1. The van der Waals surface area contributed by atoms with Gasteiger partial charge < -0.3 is 14.6 Å². The Labute approximate surface area is 113 Å². The molecule has 0 saturated heterocycles. The summed E-state index contributed by atoms with van der Waals surface area (Å²) < 4.78 is 1.87. The maximum absolute atomic E-state index is 12.4. The summed E-state index contributed by atoms with van der Waals surface area (Å²) in [6.07, 6.45) is 2.63. The summed E-state index contributed by atoms with van der Waals surface area (Å²) in [6, 6.07) is 1.86. The number of halogens is 1. The molecule has 1 N–H and O–H groups in total. The molecule has 0 bridgehead atoms. The van der Waals surface area contributed by atoms with Crippen LogP contribution in [0.3, 0.4) is 0 Å². The maximum Gasteiger partial charge on any atom is 0.270 e. The molecule has 1 heterocycles. The van der Waals surface area contributed by atoms with Gasteiger partial charge in [0.1, 0.15) is 5.69 Å². The van der Waals surface area contributed by atoms with Gasteiger partial charge in [-0.15, -0.1) is 0 Å². The van der Waals surface area contributed by atoms with Gasteiger partial charge >= 0.3 is 0 Å². The van der Waals surface area contributed by atoms with Crippen LogP contribution in [0, 0.1) is 0 Å². The van der Waals surface area contributed by atoms with Gasteiger partial charge in [0, 0.05) is 25.3 Å². The lowest BCUT2D eigenvalue weighted by Crippen LogP contribution is -2.35. The van der Waals surface area contributed by atoms with Crippen molar-refractivity contribution in [2.75, 3.05) is 19.7 Å². The minimum atomic E-state index is -0.0773. The van der Waals surface area contributed by atoms with Crippen LogP contribution in [0.15, 0.2) is 12.3 Å².